The Morgan fingerprint density at radius 2 is 2.00 bits per heavy atom. The molecule has 0 spiro atoms. The fourth-order valence-electron chi connectivity index (χ4n) is 8.25. The van der Waals surface area contributed by atoms with E-state index in [4.69, 9.17) is 4.74 Å². The number of pyridine rings is 1. The van der Waals surface area contributed by atoms with Crippen LogP contribution in [0.5, 0.6) is 5.88 Å². The molecule has 0 saturated heterocycles. The minimum absolute atomic E-state index is 0.0117. The zero-order valence-corrected chi connectivity index (χ0v) is 20.8. The number of aromatic nitrogens is 1. The molecule has 4 aliphatic carbocycles. The number of allylic oxidation sites excluding steroid dienone is 4. The Bertz CT molecular complexity index is 1310. The van der Waals surface area contributed by atoms with Crippen LogP contribution in [0, 0.1) is 28.6 Å². The molecular weight excluding hydrogens is 454 g/mol. The highest BCUT2D eigenvalue weighted by Gasteiger charge is 2.68. The Labute approximate surface area is 211 Å². The highest BCUT2D eigenvalue weighted by atomic mass is 16.5. The second-order valence-corrected chi connectivity index (χ2v) is 11.7. The Hall–Kier alpha value is -2.83. The van der Waals surface area contributed by atoms with Crippen LogP contribution in [0.4, 0.5) is 0 Å². The summed E-state index contributed by atoms with van der Waals surface area (Å²) in [6, 6.07) is 9.60. The maximum Gasteiger partial charge on any atom is 0.221 e. The molecule has 6 nitrogen and oxygen atoms in total. The molecule has 6 heteroatoms. The van der Waals surface area contributed by atoms with Crippen molar-refractivity contribution in [3.63, 3.8) is 0 Å². The summed E-state index contributed by atoms with van der Waals surface area (Å²) >= 11 is 0. The van der Waals surface area contributed by atoms with Crippen LogP contribution in [0.15, 0.2) is 60.3 Å². The molecule has 2 aromatic rings. The molecule has 7 atom stereocenters. The number of nitrogens with zero attached hydrogens (tertiary/aromatic N) is 1. The van der Waals surface area contributed by atoms with Gasteiger partial charge < -0.3 is 14.9 Å². The summed E-state index contributed by atoms with van der Waals surface area (Å²) in [5.41, 5.74) is -1.58. The second kappa shape index (κ2) is 8.09. The number of hydrogen-bond donors (Lipinski definition) is 2. The summed E-state index contributed by atoms with van der Waals surface area (Å²) in [6.45, 7) is 3.84. The molecule has 3 fully saturated rings. The summed E-state index contributed by atoms with van der Waals surface area (Å²) in [4.78, 5) is 29.9. The lowest BCUT2D eigenvalue weighted by atomic mass is 9.46. The Kier molecular flexibility index (Phi) is 5.29. The fourth-order valence-corrected chi connectivity index (χ4v) is 8.25. The van der Waals surface area contributed by atoms with E-state index in [9.17, 15) is 19.8 Å². The van der Waals surface area contributed by atoms with Crippen molar-refractivity contribution >= 4 is 22.3 Å². The zero-order chi connectivity index (χ0) is 25.3. The van der Waals surface area contributed by atoms with Gasteiger partial charge in [-0.05, 0) is 73.6 Å². The smallest absolute Gasteiger partial charge is 0.221 e. The molecule has 0 radical (unpaired) electrons. The number of ether oxygens (including phenoxy) is 1. The van der Waals surface area contributed by atoms with Gasteiger partial charge in [0.15, 0.2) is 12.4 Å². The molecule has 4 aliphatic rings. The van der Waals surface area contributed by atoms with Crippen molar-refractivity contribution in [3.05, 3.63) is 60.3 Å². The van der Waals surface area contributed by atoms with Gasteiger partial charge in [0.2, 0.25) is 11.7 Å². The lowest BCUT2D eigenvalue weighted by Gasteiger charge is -2.59. The summed E-state index contributed by atoms with van der Waals surface area (Å²) in [7, 11) is 0. The molecule has 0 bridgehead atoms. The van der Waals surface area contributed by atoms with Crippen LogP contribution in [0.1, 0.15) is 46.0 Å². The van der Waals surface area contributed by atoms with Gasteiger partial charge in [0.25, 0.3) is 0 Å². The maximum absolute atomic E-state index is 13.6. The highest BCUT2D eigenvalue weighted by molar-refractivity contribution is 6.01. The number of fused-ring (bicyclic) bond motifs is 6. The van der Waals surface area contributed by atoms with Crippen molar-refractivity contribution in [2.45, 2.75) is 57.7 Å². The van der Waals surface area contributed by atoms with Gasteiger partial charge in [-0.2, -0.15) is 0 Å². The minimum Gasteiger partial charge on any atom is -0.469 e. The molecule has 1 heterocycles. The van der Waals surface area contributed by atoms with E-state index in [1.54, 1.807) is 18.3 Å². The number of aliphatic hydroxyl groups is 2. The molecule has 2 N–H and O–H groups in total. The van der Waals surface area contributed by atoms with Crippen molar-refractivity contribution < 1.29 is 24.5 Å². The standard InChI is InChI=1S/C30H33NO5/c1-28-12-9-20(32)15-19(28)7-8-22-23-10-13-30(35,29(23,2)16-24(33)26(22)28)25(34)17-36-27-21-6-4-3-5-18(21)11-14-31-27/h3-6,9,11-12,14-15,22-24,26,33,35H,7-8,10,13,16-17H2,1-2H3/t22?,23?,24-,26?,28?,29?,30-/m0/s1. The van der Waals surface area contributed by atoms with Gasteiger partial charge in [0, 0.05) is 28.3 Å². The van der Waals surface area contributed by atoms with Crippen LogP contribution in [-0.2, 0) is 9.59 Å². The first-order valence-electron chi connectivity index (χ1n) is 13.0. The molecule has 188 valence electrons. The predicted octanol–water partition coefficient (Wildman–Crippen LogP) is 4.19. The number of benzene rings is 1. The van der Waals surface area contributed by atoms with Crippen molar-refractivity contribution in [3.8, 4) is 5.88 Å². The topological polar surface area (TPSA) is 96.7 Å². The first-order valence-corrected chi connectivity index (χ1v) is 13.0. The van der Waals surface area contributed by atoms with Crippen LogP contribution in [0.3, 0.4) is 0 Å². The largest absolute Gasteiger partial charge is 0.469 e. The predicted molar refractivity (Wildman–Crippen MR) is 135 cm³/mol. The van der Waals surface area contributed by atoms with Gasteiger partial charge in [-0.15, -0.1) is 0 Å². The van der Waals surface area contributed by atoms with Crippen molar-refractivity contribution in [1.29, 1.82) is 0 Å². The Balaban J connectivity index is 1.26. The van der Waals surface area contributed by atoms with Gasteiger partial charge in [-0.3, -0.25) is 9.59 Å². The van der Waals surface area contributed by atoms with E-state index in [-0.39, 0.29) is 41.3 Å². The van der Waals surface area contributed by atoms with E-state index in [0.717, 1.165) is 35.6 Å². The van der Waals surface area contributed by atoms with E-state index in [0.29, 0.717) is 18.7 Å². The third-order valence-electron chi connectivity index (χ3n) is 10.1. The van der Waals surface area contributed by atoms with Crippen LogP contribution >= 0.6 is 0 Å². The molecule has 0 aliphatic heterocycles. The first kappa shape index (κ1) is 23.6. The third-order valence-corrected chi connectivity index (χ3v) is 10.1. The number of Topliss-reactive ketones (excluding diaryl/α,β-unsaturated/α-hetero) is 1. The second-order valence-electron chi connectivity index (χ2n) is 11.7. The molecule has 3 saturated carbocycles. The van der Waals surface area contributed by atoms with Gasteiger partial charge in [0.1, 0.15) is 5.60 Å². The van der Waals surface area contributed by atoms with Gasteiger partial charge in [0.05, 0.1) is 6.10 Å². The average Bonchev–Trinajstić information content (AvgIpc) is 3.13. The van der Waals surface area contributed by atoms with Crippen molar-refractivity contribution in [2.75, 3.05) is 6.61 Å². The number of ketones is 2. The number of aliphatic hydroxyl groups excluding tert-OH is 1. The lowest BCUT2D eigenvalue weighted by Crippen LogP contribution is -2.61. The Morgan fingerprint density at radius 1 is 1.19 bits per heavy atom. The lowest BCUT2D eigenvalue weighted by molar-refractivity contribution is -0.178. The van der Waals surface area contributed by atoms with Gasteiger partial charge in [-0.25, -0.2) is 4.98 Å². The van der Waals surface area contributed by atoms with E-state index >= 15 is 0 Å². The minimum atomic E-state index is -1.57. The molecule has 1 aromatic carbocycles. The molecule has 6 rings (SSSR count). The Morgan fingerprint density at radius 3 is 2.83 bits per heavy atom. The van der Waals surface area contributed by atoms with Crippen molar-refractivity contribution in [1.82, 2.24) is 4.98 Å². The summed E-state index contributed by atoms with van der Waals surface area (Å²) in [5, 5.41) is 25.2. The molecule has 36 heavy (non-hydrogen) atoms. The third kappa shape index (κ3) is 3.20. The van der Waals surface area contributed by atoms with Crippen LogP contribution in [0.2, 0.25) is 0 Å². The monoisotopic (exact) mass is 487 g/mol. The maximum atomic E-state index is 13.6. The molecule has 0 amide bonds. The zero-order valence-electron chi connectivity index (χ0n) is 20.8. The number of carbonyl (C=O) groups is 2. The van der Waals surface area contributed by atoms with E-state index in [1.807, 2.05) is 43.3 Å². The van der Waals surface area contributed by atoms with Crippen LogP contribution < -0.4 is 4.74 Å². The van der Waals surface area contributed by atoms with Gasteiger partial charge in [-0.1, -0.05) is 43.7 Å². The highest BCUT2D eigenvalue weighted by Crippen LogP contribution is 2.67. The molecular formula is C30H33NO5. The quantitative estimate of drug-likeness (QED) is 0.671. The van der Waals surface area contributed by atoms with Crippen molar-refractivity contribution in [2.24, 2.45) is 28.6 Å². The number of hydrogen-bond acceptors (Lipinski definition) is 6. The fraction of sp³-hybridized carbons (Fsp3) is 0.500. The normalized spacial score (nSPS) is 39.2. The summed E-state index contributed by atoms with van der Waals surface area (Å²) in [5.74, 6) is 0.289. The van der Waals surface area contributed by atoms with E-state index in [2.05, 4.69) is 11.9 Å². The summed E-state index contributed by atoms with van der Waals surface area (Å²) < 4.78 is 5.88. The van der Waals surface area contributed by atoms with E-state index < -0.39 is 17.1 Å². The summed E-state index contributed by atoms with van der Waals surface area (Å²) in [6.07, 6.45) is 9.41. The molecule has 1 aromatic heterocycles. The molecule has 5 unspecified atom stereocenters. The van der Waals surface area contributed by atoms with Crippen LogP contribution in [0.25, 0.3) is 10.8 Å². The number of carbonyl (C=O) groups excluding carboxylic acids is 2. The van der Waals surface area contributed by atoms with E-state index in [1.165, 1.54) is 0 Å². The SMILES string of the molecule is CC12C=CC(=O)C=C1CCC1C2[C@@H](O)CC2(C)C1CC[C@]2(O)C(=O)COc1nccc2ccccc12. The van der Waals surface area contributed by atoms with Crippen LogP contribution in [-0.4, -0.2) is 45.1 Å². The number of rotatable bonds is 4. The average molecular weight is 488 g/mol. The van der Waals surface area contributed by atoms with Gasteiger partial charge >= 0.3 is 0 Å². The first-order chi connectivity index (χ1) is 17.2.